The van der Waals surface area contributed by atoms with Crippen LogP contribution in [0.1, 0.15) is 31.4 Å². The van der Waals surface area contributed by atoms with Gasteiger partial charge in [0.2, 0.25) is 0 Å². The molecule has 0 spiro atoms. The minimum Gasteiger partial charge on any atom is -0.395 e. The Morgan fingerprint density at radius 2 is 2.25 bits per heavy atom. The molecular formula is C15H22F2N2O. The van der Waals surface area contributed by atoms with Gasteiger partial charge in [-0.15, -0.1) is 0 Å². The maximum atomic E-state index is 13.9. The average molecular weight is 284 g/mol. The fourth-order valence-corrected chi connectivity index (χ4v) is 2.81. The molecule has 1 aromatic carbocycles. The summed E-state index contributed by atoms with van der Waals surface area (Å²) in [6.45, 7) is 4.05. The first-order chi connectivity index (χ1) is 9.63. The van der Waals surface area contributed by atoms with Crippen LogP contribution in [0.15, 0.2) is 18.2 Å². The highest BCUT2D eigenvalue weighted by Crippen LogP contribution is 2.25. The predicted molar refractivity (Wildman–Crippen MR) is 74.5 cm³/mol. The number of hydrogen-bond donors (Lipinski definition) is 2. The average Bonchev–Trinajstić information content (AvgIpc) is 2.94. The van der Waals surface area contributed by atoms with Gasteiger partial charge in [-0.1, -0.05) is 12.1 Å². The minimum atomic E-state index is -0.822. The first-order valence-corrected chi connectivity index (χ1v) is 7.15. The number of nitrogens with zero attached hydrogens (tertiary/aromatic N) is 1. The highest BCUT2D eigenvalue weighted by Gasteiger charge is 2.24. The van der Waals surface area contributed by atoms with Crippen molar-refractivity contribution in [1.29, 1.82) is 0 Å². The maximum Gasteiger partial charge on any atom is 0.163 e. The molecule has 0 aliphatic carbocycles. The smallest absolute Gasteiger partial charge is 0.163 e. The summed E-state index contributed by atoms with van der Waals surface area (Å²) in [7, 11) is 0. The molecule has 0 bridgehead atoms. The lowest BCUT2D eigenvalue weighted by Gasteiger charge is -2.31. The van der Waals surface area contributed by atoms with Gasteiger partial charge >= 0.3 is 0 Å². The zero-order chi connectivity index (χ0) is 14.5. The Morgan fingerprint density at radius 1 is 1.45 bits per heavy atom. The van der Waals surface area contributed by atoms with Crippen molar-refractivity contribution >= 4 is 0 Å². The Balaban J connectivity index is 2.12. The Hall–Kier alpha value is -1.04. The second-order valence-electron chi connectivity index (χ2n) is 5.33. The topological polar surface area (TPSA) is 35.5 Å². The molecule has 1 heterocycles. The lowest BCUT2D eigenvalue weighted by molar-refractivity contribution is 0.145. The molecule has 0 amide bonds. The van der Waals surface area contributed by atoms with Crippen molar-refractivity contribution < 1.29 is 13.9 Å². The van der Waals surface area contributed by atoms with E-state index in [0.29, 0.717) is 18.2 Å². The Kier molecular flexibility index (Phi) is 5.46. The van der Waals surface area contributed by atoms with Gasteiger partial charge in [-0.05, 0) is 32.4 Å². The Bertz CT molecular complexity index is 436. The minimum absolute atomic E-state index is 0.00793. The zero-order valence-electron chi connectivity index (χ0n) is 11.8. The molecule has 20 heavy (non-hydrogen) atoms. The molecule has 2 rings (SSSR count). The van der Waals surface area contributed by atoms with Crippen LogP contribution in [0.25, 0.3) is 0 Å². The van der Waals surface area contributed by atoms with Crippen LogP contribution in [0, 0.1) is 11.6 Å². The van der Waals surface area contributed by atoms with Crippen molar-refractivity contribution in [2.45, 2.75) is 31.8 Å². The van der Waals surface area contributed by atoms with Crippen molar-refractivity contribution in [3.8, 4) is 0 Å². The molecule has 2 atom stereocenters. The fourth-order valence-electron chi connectivity index (χ4n) is 2.81. The molecule has 1 aliphatic heterocycles. The van der Waals surface area contributed by atoms with Crippen LogP contribution in [0.2, 0.25) is 0 Å². The molecule has 0 aromatic heterocycles. The second kappa shape index (κ2) is 7.11. The van der Waals surface area contributed by atoms with Crippen LogP contribution in [-0.4, -0.2) is 42.3 Å². The van der Waals surface area contributed by atoms with Gasteiger partial charge in [-0.3, -0.25) is 4.90 Å². The molecule has 1 aliphatic rings. The van der Waals surface area contributed by atoms with Crippen LogP contribution in [0.4, 0.5) is 8.78 Å². The van der Waals surface area contributed by atoms with Gasteiger partial charge in [-0.25, -0.2) is 8.78 Å². The van der Waals surface area contributed by atoms with Crippen molar-refractivity contribution in [2.24, 2.45) is 0 Å². The quantitative estimate of drug-likeness (QED) is 0.839. The van der Waals surface area contributed by atoms with Crippen LogP contribution < -0.4 is 5.32 Å². The summed E-state index contributed by atoms with van der Waals surface area (Å²) in [5, 5.41) is 12.6. The van der Waals surface area contributed by atoms with Gasteiger partial charge in [0.15, 0.2) is 11.6 Å². The van der Waals surface area contributed by atoms with Gasteiger partial charge < -0.3 is 10.4 Å². The third-order valence-electron chi connectivity index (χ3n) is 3.98. The van der Waals surface area contributed by atoms with Gasteiger partial charge in [0.05, 0.1) is 6.61 Å². The highest BCUT2D eigenvalue weighted by molar-refractivity contribution is 5.22. The van der Waals surface area contributed by atoms with E-state index in [1.54, 1.807) is 6.07 Å². The molecular weight excluding hydrogens is 262 g/mol. The third kappa shape index (κ3) is 3.53. The molecule has 3 nitrogen and oxygen atoms in total. The number of benzene rings is 1. The lowest BCUT2D eigenvalue weighted by atomic mass is 10.0. The summed E-state index contributed by atoms with van der Waals surface area (Å²) in [6.07, 6.45) is 2.22. The van der Waals surface area contributed by atoms with E-state index >= 15 is 0 Å². The van der Waals surface area contributed by atoms with Crippen LogP contribution >= 0.6 is 0 Å². The summed E-state index contributed by atoms with van der Waals surface area (Å²) in [5.41, 5.74) is 0.344. The number of hydrogen-bond acceptors (Lipinski definition) is 3. The lowest BCUT2D eigenvalue weighted by Crippen LogP contribution is -2.40. The number of aliphatic hydroxyl groups is 1. The normalized spacial score (nSPS) is 20.6. The van der Waals surface area contributed by atoms with E-state index in [-0.39, 0.29) is 12.6 Å². The molecule has 5 heteroatoms. The van der Waals surface area contributed by atoms with Crippen LogP contribution in [0.3, 0.4) is 0 Å². The first kappa shape index (κ1) is 15.4. The van der Waals surface area contributed by atoms with Crippen molar-refractivity contribution in [1.82, 2.24) is 10.2 Å². The molecule has 1 fully saturated rings. The standard InChI is InChI=1S/C15H22F2N2O/c1-11(13-5-2-6-14(16)15(13)17)19(8-9-20)10-12-4-3-7-18-12/h2,5-6,11-12,18,20H,3-4,7-10H2,1H3. The molecule has 2 unspecified atom stereocenters. The largest absolute Gasteiger partial charge is 0.395 e. The SMILES string of the molecule is CC(c1cccc(F)c1F)N(CCO)CC1CCCN1. The molecule has 2 N–H and O–H groups in total. The van der Waals surface area contributed by atoms with Crippen molar-refractivity contribution in [3.05, 3.63) is 35.4 Å². The monoisotopic (exact) mass is 284 g/mol. The van der Waals surface area contributed by atoms with E-state index in [1.807, 2.05) is 11.8 Å². The van der Waals surface area contributed by atoms with Crippen molar-refractivity contribution in [3.63, 3.8) is 0 Å². The van der Waals surface area contributed by atoms with Gasteiger partial charge in [0.1, 0.15) is 0 Å². The van der Waals surface area contributed by atoms with E-state index < -0.39 is 11.6 Å². The number of rotatable bonds is 6. The second-order valence-corrected chi connectivity index (χ2v) is 5.33. The van der Waals surface area contributed by atoms with Crippen molar-refractivity contribution in [2.75, 3.05) is 26.2 Å². The summed E-state index contributed by atoms with van der Waals surface area (Å²) in [6, 6.07) is 4.35. The van der Waals surface area contributed by atoms with E-state index in [4.69, 9.17) is 0 Å². The van der Waals surface area contributed by atoms with E-state index in [2.05, 4.69) is 5.32 Å². The van der Waals surface area contributed by atoms with Crippen LogP contribution in [0.5, 0.6) is 0 Å². The summed E-state index contributed by atoms with van der Waals surface area (Å²) >= 11 is 0. The molecule has 0 saturated carbocycles. The predicted octanol–water partition coefficient (Wildman–Crippen LogP) is 2.07. The van der Waals surface area contributed by atoms with E-state index in [0.717, 1.165) is 32.0 Å². The molecule has 0 radical (unpaired) electrons. The number of aliphatic hydroxyl groups excluding tert-OH is 1. The third-order valence-corrected chi connectivity index (χ3v) is 3.98. The Morgan fingerprint density at radius 3 is 2.90 bits per heavy atom. The summed E-state index contributed by atoms with van der Waals surface area (Å²) < 4.78 is 27.2. The van der Waals surface area contributed by atoms with Crippen LogP contribution in [-0.2, 0) is 0 Å². The molecule has 1 aromatic rings. The Labute approximate surface area is 118 Å². The van der Waals surface area contributed by atoms with Gasteiger partial charge in [0, 0.05) is 30.7 Å². The van der Waals surface area contributed by atoms with Gasteiger partial charge in [0.25, 0.3) is 0 Å². The fraction of sp³-hybridized carbons (Fsp3) is 0.600. The van der Waals surface area contributed by atoms with E-state index in [1.165, 1.54) is 6.07 Å². The number of nitrogens with one attached hydrogen (secondary N) is 1. The first-order valence-electron chi connectivity index (χ1n) is 7.15. The summed E-state index contributed by atoms with van der Waals surface area (Å²) in [5.74, 6) is -1.61. The summed E-state index contributed by atoms with van der Waals surface area (Å²) in [4.78, 5) is 2.00. The molecule has 1 saturated heterocycles. The maximum absolute atomic E-state index is 13.9. The zero-order valence-corrected chi connectivity index (χ0v) is 11.8. The molecule has 112 valence electrons. The van der Waals surface area contributed by atoms with E-state index in [9.17, 15) is 13.9 Å². The highest BCUT2D eigenvalue weighted by atomic mass is 19.2. The number of halogens is 2. The van der Waals surface area contributed by atoms with Gasteiger partial charge in [-0.2, -0.15) is 0 Å².